The fraction of sp³-hybridized carbons (Fsp3) is 0.235. The molecular formula is C17H20N2O3S. The number of hydrogen-bond acceptors (Lipinski definition) is 3. The summed E-state index contributed by atoms with van der Waals surface area (Å²) in [6.07, 6.45) is 0. The fourth-order valence-corrected chi connectivity index (χ4v) is 3.78. The number of benzene rings is 2. The first-order chi connectivity index (χ1) is 10.8. The Labute approximate surface area is 136 Å². The first kappa shape index (κ1) is 17.2. The Morgan fingerprint density at radius 2 is 1.74 bits per heavy atom. The highest BCUT2D eigenvalue weighted by atomic mass is 32.2. The lowest BCUT2D eigenvalue weighted by atomic mass is 10.1. The van der Waals surface area contributed by atoms with E-state index in [9.17, 15) is 13.2 Å². The smallest absolute Gasteiger partial charge is 0.241 e. The quantitative estimate of drug-likeness (QED) is 0.884. The van der Waals surface area contributed by atoms with Crippen LogP contribution in [0.5, 0.6) is 0 Å². The molecule has 23 heavy (non-hydrogen) atoms. The summed E-state index contributed by atoms with van der Waals surface area (Å²) in [4.78, 5) is 11.3. The average Bonchev–Trinajstić information content (AvgIpc) is 2.49. The summed E-state index contributed by atoms with van der Waals surface area (Å²) in [7, 11) is -3.70. The molecular weight excluding hydrogens is 312 g/mol. The van der Waals surface area contributed by atoms with Crippen molar-refractivity contribution in [3.8, 4) is 0 Å². The van der Waals surface area contributed by atoms with E-state index in [1.807, 2.05) is 30.3 Å². The lowest BCUT2D eigenvalue weighted by molar-refractivity contribution is -0.114. The molecule has 0 aliphatic heterocycles. The summed E-state index contributed by atoms with van der Waals surface area (Å²) in [5.41, 5.74) is 1.95. The van der Waals surface area contributed by atoms with Crippen LogP contribution in [0.1, 0.15) is 31.0 Å². The molecule has 5 nitrogen and oxygen atoms in total. The molecule has 122 valence electrons. The third-order valence-electron chi connectivity index (χ3n) is 3.43. The standard InChI is InChI=1S/C17H20N2O3S/c1-12-9-10-16(18-14(3)20)11-17(12)23(21,22)19-13(2)15-7-5-4-6-8-15/h4-11,13,19H,1-3H3,(H,18,20). The minimum atomic E-state index is -3.70. The molecule has 6 heteroatoms. The molecule has 0 spiro atoms. The van der Waals surface area contributed by atoms with Crippen LogP contribution in [-0.2, 0) is 14.8 Å². The number of anilines is 1. The summed E-state index contributed by atoms with van der Waals surface area (Å²) in [5, 5.41) is 2.60. The highest BCUT2D eigenvalue weighted by Gasteiger charge is 2.21. The van der Waals surface area contributed by atoms with E-state index >= 15 is 0 Å². The van der Waals surface area contributed by atoms with Crippen LogP contribution in [0.25, 0.3) is 0 Å². The van der Waals surface area contributed by atoms with Crippen LogP contribution < -0.4 is 10.0 Å². The normalized spacial score (nSPS) is 12.7. The molecule has 1 unspecified atom stereocenters. The van der Waals surface area contributed by atoms with E-state index in [1.54, 1.807) is 26.0 Å². The molecule has 1 amide bonds. The van der Waals surface area contributed by atoms with Crippen LogP contribution in [-0.4, -0.2) is 14.3 Å². The van der Waals surface area contributed by atoms with Crippen molar-refractivity contribution in [2.24, 2.45) is 0 Å². The second-order valence-electron chi connectivity index (χ2n) is 5.42. The van der Waals surface area contributed by atoms with Crippen molar-refractivity contribution in [1.82, 2.24) is 4.72 Å². The zero-order valence-corrected chi connectivity index (χ0v) is 14.1. The summed E-state index contributed by atoms with van der Waals surface area (Å²) in [5.74, 6) is -0.247. The number of sulfonamides is 1. The van der Waals surface area contributed by atoms with Crippen molar-refractivity contribution in [1.29, 1.82) is 0 Å². The van der Waals surface area contributed by atoms with E-state index in [0.717, 1.165) is 5.56 Å². The molecule has 2 N–H and O–H groups in total. The Balaban J connectivity index is 2.30. The van der Waals surface area contributed by atoms with E-state index < -0.39 is 10.0 Å². The van der Waals surface area contributed by atoms with Gasteiger partial charge in [0.2, 0.25) is 15.9 Å². The average molecular weight is 332 g/mol. The van der Waals surface area contributed by atoms with Crippen LogP contribution in [0.15, 0.2) is 53.4 Å². The number of nitrogens with one attached hydrogen (secondary N) is 2. The number of carbonyl (C=O) groups is 1. The number of aryl methyl sites for hydroxylation is 1. The molecule has 0 aliphatic carbocycles. The van der Waals surface area contributed by atoms with Gasteiger partial charge in [0.1, 0.15) is 0 Å². The van der Waals surface area contributed by atoms with Gasteiger partial charge in [-0.1, -0.05) is 36.4 Å². The van der Waals surface area contributed by atoms with Gasteiger partial charge < -0.3 is 5.32 Å². The lowest BCUT2D eigenvalue weighted by Gasteiger charge is -2.16. The summed E-state index contributed by atoms with van der Waals surface area (Å²) in [6.45, 7) is 4.89. The maximum atomic E-state index is 12.7. The second kappa shape index (κ2) is 6.93. The third-order valence-corrected chi connectivity index (χ3v) is 5.11. The van der Waals surface area contributed by atoms with E-state index in [2.05, 4.69) is 10.0 Å². The Morgan fingerprint density at radius 3 is 2.35 bits per heavy atom. The molecule has 0 heterocycles. The summed E-state index contributed by atoms with van der Waals surface area (Å²) < 4.78 is 28.0. The first-order valence-corrected chi connectivity index (χ1v) is 8.73. The summed E-state index contributed by atoms with van der Waals surface area (Å²) >= 11 is 0. The Hall–Kier alpha value is -2.18. The van der Waals surface area contributed by atoms with Crippen LogP contribution in [0.2, 0.25) is 0 Å². The maximum absolute atomic E-state index is 12.7. The number of rotatable bonds is 5. The van der Waals surface area contributed by atoms with Gasteiger partial charge in [-0.15, -0.1) is 0 Å². The van der Waals surface area contributed by atoms with Gasteiger partial charge >= 0.3 is 0 Å². The van der Waals surface area contributed by atoms with Gasteiger partial charge in [0, 0.05) is 18.7 Å². The Bertz CT molecular complexity index is 802. The van der Waals surface area contributed by atoms with Crippen molar-refractivity contribution in [3.05, 3.63) is 59.7 Å². The topological polar surface area (TPSA) is 75.3 Å². The molecule has 0 bridgehead atoms. The molecule has 2 aromatic carbocycles. The predicted octanol–water partition coefficient (Wildman–Crippen LogP) is 2.99. The van der Waals surface area contributed by atoms with Gasteiger partial charge in [-0.3, -0.25) is 4.79 Å². The largest absolute Gasteiger partial charge is 0.326 e. The molecule has 0 aromatic heterocycles. The SMILES string of the molecule is CC(=O)Nc1ccc(C)c(S(=O)(=O)NC(C)c2ccccc2)c1. The van der Waals surface area contributed by atoms with Crippen LogP contribution in [0.4, 0.5) is 5.69 Å². The minimum Gasteiger partial charge on any atom is -0.326 e. The molecule has 0 aliphatic rings. The van der Waals surface area contributed by atoms with Crippen molar-refractivity contribution in [3.63, 3.8) is 0 Å². The van der Waals surface area contributed by atoms with E-state index in [4.69, 9.17) is 0 Å². The number of hydrogen-bond donors (Lipinski definition) is 2. The maximum Gasteiger partial charge on any atom is 0.241 e. The van der Waals surface area contributed by atoms with E-state index in [0.29, 0.717) is 11.3 Å². The van der Waals surface area contributed by atoms with Gasteiger partial charge in [0.15, 0.2) is 0 Å². The predicted molar refractivity (Wildman–Crippen MR) is 90.7 cm³/mol. The Kier molecular flexibility index (Phi) is 5.18. The molecule has 1 atom stereocenters. The van der Waals surface area contributed by atoms with Crippen molar-refractivity contribution in [2.75, 3.05) is 5.32 Å². The Morgan fingerprint density at radius 1 is 1.09 bits per heavy atom. The third kappa shape index (κ3) is 4.40. The monoisotopic (exact) mass is 332 g/mol. The highest BCUT2D eigenvalue weighted by Crippen LogP contribution is 2.22. The van der Waals surface area contributed by atoms with Crippen molar-refractivity contribution in [2.45, 2.75) is 31.7 Å². The first-order valence-electron chi connectivity index (χ1n) is 7.25. The highest BCUT2D eigenvalue weighted by molar-refractivity contribution is 7.89. The van der Waals surface area contributed by atoms with Crippen LogP contribution in [0.3, 0.4) is 0 Å². The van der Waals surface area contributed by atoms with E-state index in [1.165, 1.54) is 13.0 Å². The molecule has 0 radical (unpaired) electrons. The minimum absolute atomic E-state index is 0.159. The molecule has 2 rings (SSSR count). The van der Waals surface area contributed by atoms with Gasteiger partial charge in [-0.25, -0.2) is 13.1 Å². The zero-order valence-electron chi connectivity index (χ0n) is 13.3. The van der Waals surface area contributed by atoms with E-state index in [-0.39, 0.29) is 16.8 Å². The van der Waals surface area contributed by atoms with Gasteiger partial charge in [0.25, 0.3) is 0 Å². The molecule has 0 saturated carbocycles. The van der Waals surface area contributed by atoms with Gasteiger partial charge in [-0.05, 0) is 37.1 Å². The van der Waals surface area contributed by atoms with Gasteiger partial charge in [0.05, 0.1) is 4.90 Å². The number of carbonyl (C=O) groups excluding carboxylic acids is 1. The van der Waals surface area contributed by atoms with Crippen molar-refractivity contribution >= 4 is 21.6 Å². The fourth-order valence-electron chi connectivity index (χ4n) is 2.28. The molecule has 0 saturated heterocycles. The van der Waals surface area contributed by atoms with Crippen molar-refractivity contribution < 1.29 is 13.2 Å². The lowest BCUT2D eigenvalue weighted by Crippen LogP contribution is -2.27. The summed E-state index contributed by atoms with van der Waals surface area (Å²) in [6, 6.07) is 13.8. The number of amides is 1. The molecule has 0 fully saturated rings. The van der Waals surface area contributed by atoms with Crippen LogP contribution in [0, 0.1) is 6.92 Å². The zero-order chi connectivity index (χ0) is 17.0. The molecule has 2 aromatic rings. The second-order valence-corrected chi connectivity index (χ2v) is 7.10. The van der Waals surface area contributed by atoms with Gasteiger partial charge in [-0.2, -0.15) is 0 Å². The van der Waals surface area contributed by atoms with Crippen LogP contribution >= 0.6 is 0 Å².